The van der Waals surface area contributed by atoms with E-state index in [1.165, 1.54) is 0 Å². The molecular formula is C6H17Al2Cl3. The zero-order valence-corrected chi connectivity index (χ0v) is 12.3. The normalized spacial score (nSPS) is 6.36. The van der Waals surface area contributed by atoms with Gasteiger partial charge in [0.2, 0.25) is 0 Å². The van der Waals surface area contributed by atoms with Crippen molar-refractivity contribution < 1.29 is 0 Å². The number of hydrogen-bond acceptors (Lipinski definition) is 0. The van der Waals surface area contributed by atoms with Gasteiger partial charge >= 0.3 is 0 Å². The molecule has 0 unspecified atom stereocenters. The van der Waals surface area contributed by atoms with E-state index in [1.807, 2.05) is 0 Å². The van der Waals surface area contributed by atoms with Crippen molar-refractivity contribution in [1.82, 2.24) is 0 Å². The molecule has 0 aliphatic heterocycles. The third-order valence-corrected chi connectivity index (χ3v) is 0. The van der Waals surface area contributed by atoms with Crippen LogP contribution in [0.1, 0.15) is 27.7 Å². The van der Waals surface area contributed by atoms with Gasteiger partial charge in [0, 0.05) is 0 Å². The molecule has 4 radical (unpaired) electrons. The first-order valence-corrected chi connectivity index (χ1v) is 4.31. The van der Waals surface area contributed by atoms with E-state index >= 15 is 0 Å². The summed E-state index contributed by atoms with van der Waals surface area (Å²) in [6.07, 6.45) is 0. The molecule has 0 amide bonds. The molecule has 0 fully saturated rings. The third kappa shape index (κ3) is 315. The van der Waals surface area contributed by atoms with Crippen LogP contribution in [-0.2, 0) is 0 Å². The third-order valence-electron chi connectivity index (χ3n) is 0. The summed E-state index contributed by atoms with van der Waals surface area (Å²) >= 11 is 5.31. The van der Waals surface area contributed by atoms with Gasteiger partial charge in [0.25, 0.3) is 0 Å². The summed E-state index contributed by atoms with van der Waals surface area (Å²) in [6.45, 7) is 8.52. The maximum atomic E-state index is 2.66. The quantitative estimate of drug-likeness (QED) is 0.578. The van der Waals surface area contributed by atoms with Crippen LogP contribution >= 0.6 is 37.2 Å². The van der Waals surface area contributed by atoms with E-state index in [0.29, 0.717) is 0 Å². The largest absolute Gasteiger partial charge is 0.147 e. The van der Waals surface area contributed by atoms with Crippen molar-refractivity contribution in [3.05, 3.63) is 0 Å². The Hall–Kier alpha value is 1.93. The number of hydrogen-bond donors (Lipinski definition) is 0. The molecular weight excluding hydrogens is 232 g/mol. The number of halogens is 3. The van der Waals surface area contributed by atoms with Crippen molar-refractivity contribution in [3.8, 4) is 0 Å². The van der Waals surface area contributed by atoms with E-state index in [0.717, 1.165) is 9.56 Å². The fraction of sp³-hybridized carbons (Fsp3) is 1.00. The molecule has 11 heavy (non-hydrogen) atoms. The second-order valence-electron chi connectivity index (χ2n) is 2.49. The van der Waals surface area contributed by atoms with Crippen LogP contribution in [0.3, 0.4) is 0 Å². The highest BCUT2D eigenvalue weighted by atomic mass is 35.5. The molecule has 0 aromatic carbocycles. The van der Waals surface area contributed by atoms with Gasteiger partial charge in [-0.1, -0.05) is 27.7 Å². The van der Waals surface area contributed by atoms with Crippen molar-refractivity contribution in [2.75, 3.05) is 0 Å². The second-order valence-corrected chi connectivity index (χ2v) is 5.15. The van der Waals surface area contributed by atoms with Gasteiger partial charge in [-0.3, -0.25) is 0 Å². The first kappa shape index (κ1) is 29.3. The van der Waals surface area contributed by atoms with E-state index in [4.69, 9.17) is 0 Å². The summed E-state index contributed by atoms with van der Waals surface area (Å²) in [5.74, 6) is 0. The summed E-state index contributed by atoms with van der Waals surface area (Å²) in [5.41, 5.74) is 0. The van der Waals surface area contributed by atoms with Crippen LogP contribution in [0.15, 0.2) is 0 Å². The Kier molecular flexibility index (Phi) is 60.3. The molecule has 0 spiro atoms. The summed E-state index contributed by atoms with van der Waals surface area (Å²) in [4.78, 5) is 0. The van der Waals surface area contributed by atoms with E-state index in [-0.39, 0.29) is 37.2 Å². The first-order chi connectivity index (χ1) is 3.46. The van der Waals surface area contributed by atoms with Crippen LogP contribution in [-0.4, -0.2) is 32.6 Å². The first-order valence-electron chi connectivity index (χ1n) is 2.98. The minimum atomic E-state index is 0. The molecule has 0 rings (SSSR count). The average molecular weight is 250 g/mol. The van der Waals surface area contributed by atoms with Crippen molar-refractivity contribution in [3.63, 3.8) is 0 Å². The van der Waals surface area contributed by atoms with E-state index in [9.17, 15) is 0 Å². The molecule has 0 aliphatic carbocycles. The van der Waals surface area contributed by atoms with Crippen molar-refractivity contribution in [2.24, 2.45) is 0 Å². The van der Waals surface area contributed by atoms with Gasteiger partial charge in [-0.15, -0.1) is 46.8 Å². The monoisotopic (exact) mass is 248 g/mol. The van der Waals surface area contributed by atoms with Crippen molar-refractivity contribution in [1.29, 1.82) is 0 Å². The fourth-order valence-electron chi connectivity index (χ4n) is 0. The predicted octanol–water partition coefficient (Wildman–Crippen LogP) is 3.23. The summed E-state index contributed by atoms with van der Waals surface area (Å²) in [6, 6.07) is 0. The Bertz CT molecular complexity index is 31.3. The second kappa shape index (κ2) is 22.7. The van der Waals surface area contributed by atoms with Gasteiger partial charge in [0.1, 0.15) is 32.6 Å². The molecule has 0 bridgehead atoms. The van der Waals surface area contributed by atoms with Gasteiger partial charge in [-0.25, -0.2) is 0 Å². The molecule has 0 atom stereocenters. The van der Waals surface area contributed by atoms with E-state index < -0.39 is 0 Å². The maximum absolute atomic E-state index is 2.66. The summed E-state index contributed by atoms with van der Waals surface area (Å²) < 4.78 is 1.50. The van der Waals surface area contributed by atoms with E-state index in [1.54, 1.807) is 0 Å². The Labute approximate surface area is 106 Å². The zero-order valence-electron chi connectivity index (χ0n) is 7.53. The molecule has 0 saturated carbocycles. The molecule has 0 heterocycles. The lowest BCUT2D eigenvalue weighted by Crippen LogP contribution is -1.67. The number of rotatable bonds is 0. The molecule has 5 heteroatoms. The van der Waals surface area contributed by atoms with Crippen LogP contribution in [0, 0.1) is 0 Å². The molecule has 0 nitrogen and oxygen atoms in total. The fourth-order valence-corrected chi connectivity index (χ4v) is 0. The van der Waals surface area contributed by atoms with Gasteiger partial charge in [0.15, 0.2) is 0 Å². The standard InChI is InChI=1S/2C3H7.2Al.3ClH/c2*1-3-2;;;;;/h2*3H,1-2H3;;;3*1H. The molecule has 68 valence electrons. The van der Waals surface area contributed by atoms with Crippen LogP contribution in [0.5, 0.6) is 0 Å². The topological polar surface area (TPSA) is 0 Å². The molecule has 0 aromatic rings. The van der Waals surface area contributed by atoms with Crippen molar-refractivity contribution >= 4 is 69.8 Å². The minimum absolute atomic E-state index is 0. The highest BCUT2D eigenvalue weighted by Crippen LogP contribution is 1.85. The Morgan fingerprint density at radius 2 is 0.636 bits per heavy atom. The highest BCUT2D eigenvalue weighted by molar-refractivity contribution is 6.11. The van der Waals surface area contributed by atoms with Crippen LogP contribution in [0.25, 0.3) is 0 Å². The summed E-state index contributed by atoms with van der Waals surface area (Å²) in [5, 5.41) is 0. The minimum Gasteiger partial charge on any atom is -0.147 e. The van der Waals surface area contributed by atoms with Gasteiger partial charge in [0.05, 0.1) is 0 Å². The van der Waals surface area contributed by atoms with Gasteiger partial charge < -0.3 is 0 Å². The Morgan fingerprint density at radius 1 is 0.636 bits per heavy atom. The zero-order chi connectivity index (χ0) is 7.15. The molecule has 0 aromatic heterocycles. The van der Waals surface area contributed by atoms with Gasteiger partial charge in [-0.05, 0) is 0 Å². The molecule has 0 saturated heterocycles. The van der Waals surface area contributed by atoms with Crippen LogP contribution < -0.4 is 0 Å². The maximum Gasteiger partial charge on any atom is 0.122 e. The van der Waals surface area contributed by atoms with E-state index in [2.05, 4.69) is 60.3 Å². The lowest BCUT2D eigenvalue weighted by Gasteiger charge is -1.80. The highest BCUT2D eigenvalue weighted by Gasteiger charge is 1.68. The summed E-state index contributed by atoms with van der Waals surface area (Å²) in [7, 11) is 0. The Balaban J connectivity index is -0.0000000171. The molecule has 0 aliphatic rings. The Morgan fingerprint density at radius 3 is 0.636 bits per heavy atom. The average Bonchev–Trinajstić information content (AvgIpc) is 1.25. The SMILES string of the molecule is C[CH](C)[Al].C[CH](C)[Al].Cl.Cl.Cl. The lowest BCUT2D eigenvalue weighted by molar-refractivity contribution is 1.08. The van der Waals surface area contributed by atoms with Crippen molar-refractivity contribution in [2.45, 2.75) is 37.3 Å². The molecule has 0 N–H and O–H groups in total. The smallest absolute Gasteiger partial charge is 0.122 e. The van der Waals surface area contributed by atoms with Crippen LogP contribution in [0.2, 0.25) is 9.56 Å². The predicted molar refractivity (Wildman–Crippen MR) is 63.4 cm³/mol. The van der Waals surface area contributed by atoms with Crippen LogP contribution in [0.4, 0.5) is 0 Å². The van der Waals surface area contributed by atoms with Gasteiger partial charge in [-0.2, -0.15) is 0 Å². The lowest BCUT2D eigenvalue weighted by atomic mass is 10.6.